The lowest BCUT2D eigenvalue weighted by Gasteiger charge is -2.33. The van der Waals surface area contributed by atoms with Gasteiger partial charge in [-0.2, -0.15) is 0 Å². The summed E-state index contributed by atoms with van der Waals surface area (Å²) < 4.78 is 32.1. The summed E-state index contributed by atoms with van der Waals surface area (Å²) in [7, 11) is 0. The van der Waals surface area contributed by atoms with Crippen LogP contribution < -0.4 is 10.2 Å². The van der Waals surface area contributed by atoms with E-state index >= 15 is 0 Å². The summed E-state index contributed by atoms with van der Waals surface area (Å²) in [5.74, 6) is 0.990. The van der Waals surface area contributed by atoms with Gasteiger partial charge in [-0.15, -0.1) is 0 Å². The third-order valence-corrected chi connectivity index (χ3v) is 5.47. The van der Waals surface area contributed by atoms with Gasteiger partial charge in [0.2, 0.25) is 5.91 Å². The standard InChI is InChI=1S/C21H24F2N4O2/c22-19(23)15-4-1-2-5-16(15)20-24-10-7-18(26-20)27-11-8-14(9-12-27)25-21(28)17-6-3-13-29-17/h1-2,4-5,7,10,14,17,19H,3,6,8-9,11-13H2,(H,25,28)/t17-/m1/s1. The van der Waals surface area contributed by atoms with E-state index in [1.807, 2.05) is 0 Å². The fourth-order valence-electron chi connectivity index (χ4n) is 3.88. The summed E-state index contributed by atoms with van der Waals surface area (Å²) in [4.78, 5) is 23.1. The summed E-state index contributed by atoms with van der Waals surface area (Å²) in [5.41, 5.74) is 0.281. The molecule has 0 spiro atoms. The summed E-state index contributed by atoms with van der Waals surface area (Å²) in [5, 5.41) is 3.08. The van der Waals surface area contributed by atoms with E-state index < -0.39 is 6.43 Å². The lowest BCUT2D eigenvalue weighted by molar-refractivity contribution is -0.130. The van der Waals surface area contributed by atoms with Gasteiger partial charge in [0.15, 0.2) is 5.82 Å². The van der Waals surface area contributed by atoms with Crippen LogP contribution in [0.4, 0.5) is 14.6 Å². The van der Waals surface area contributed by atoms with Gasteiger partial charge in [0.1, 0.15) is 11.9 Å². The van der Waals surface area contributed by atoms with Crippen molar-refractivity contribution in [2.24, 2.45) is 0 Å². The molecule has 2 aliphatic rings. The minimum atomic E-state index is -2.58. The molecule has 0 aliphatic carbocycles. The normalized spacial score (nSPS) is 20.2. The highest BCUT2D eigenvalue weighted by Crippen LogP contribution is 2.30. The Kier molecular flexibility index (Phi) is 5.99. The number of aromatic nitrogens is 2. The lowest BCUT2D eigenvalue weighted by atomic mass is 10.0. The fraction of sp³-hybridized carbons (Fsp3) is 0.476. The number of anilines is 1. The van der Waals surface area contributed by atoms with Crippen LogP contribution in [0.5, 0.6) is 0 Å². The fourth-order valence-corrected chi connectivity index (χ4v) is 3.88. The molecular formula is C21H24F2N4O2. The zero-order valence-corrected chi connectivity index (χ0v) is 16.1. The van der Waals surface area contributed by atoms with Gasteiger partial charge < -0.3 is 15.0 Å². The van der Waals surface area contributed by atoms with Crippen LogP contribution in [-0.2, 0) is 9.53 Å². The number of benzene rings is 1. The zero-order chi connectivity index (χ0) is 20.2. The molecule has 0 radical (unpaired) electrons. The number of halogens is 2. The Morgan fingerprint density at radius 2 is 1.97 bits per heavy atom. The highest BCUT2D eigenvalue weighted by atomic mass is 19.3. The Hall–Kier alpha value is -2.61. The Morgan fingerprint density at radius 3 is 2.69 bits per heavy atom. The van der Waals surface area contributed by atoms with Crippen LogP contribution in [0.25, 0.3) is 11.4 Å². The Morgan fingerprint density at radius 1 is 1.17 bits per heavy atom. The maximum absolute atomic E-state index is 13.3. The molecule has 2 fully saturated rings. The van der Waals surface area contributed by atoms with Crippen LogP contribution in [-0.4, -0.2) is 47.7 Å². The van der Waals surface area contributed by atoms with Crippen LogP contribution in [0.2, 0.25) is 0 Å². The van der Waals surface area contributed by atoms with Crippen LogP contribution in [0, 0.1) is 0 Å². The molecule has 0 saturated carbocycles. The molecule has 8 heteroatoms. The van der Waals surface area contributed by atoms with Crippen molar-refractivity contribution in [2.45, 2.75) is 44.3 Å². The molecule has 1 amide bonds. The summed E-state index contributed by atoms with van der Waals surface area (Å²) >= 11 is 0. The third kappa shape index (κ3) is 4.53. The first-order valence-electron chi connectivity index (χ1n) is 9.99. The third-order valence-electron chi connectivity index (χ3n) is 5.47. The smallest absolute Gasteiger partial charge is 0.264 e. The van der Waals surface area contributed by atoms with E-state index in [1.165, 1.54) is 6.07 Å². The number of piperidine rings is 1. The van der Waals surface area contributed by atoms with Crippen molar-refractivity contribution < 1.29 is 18.3 Å². The number of carbonyl (C=O) groups excluding carboxylic acids is 1. The van der Waals surface area contributed by atoms with Gasteiger partial charge in [-0.05, 0) is 31.7 Å². The summed E-state index contributed by atoms with van der Waals surface area (Å²) in [6.45, 7) is 2.11. The lowest BCUT2D eigenvalue weighted by Crippen LogP contribution is -2.47. The number of amides is 1. The summed E-state index contributed by atoms with van der Waals surface area (Å²) in [6.07, 6.45) is 2.02. The second-order valence-corrected chi connectivity index (χ2v) is 7.40. The largest absolute Gasteiger partial charge is 0.368 e. The summed E-state index contributed by atoms with van der Waals surface area (Å²) in [6, 6.07) is 8.22. The maximum atomic E-state index is 13.3. The van der Waals surface area contributed by atoms with E-state index in [2.05, 4.69) is 20.2 Å². The zero-order valence-electron chi connectivity index (χ0n) is 16.1. The minimum Gasteiger partial charge on any atom is -0.368 e. The second-order valence-electron chi connectivity index (χ2n) is 7.40. The molecule has 1 N–H and O–H groups in total. The first kappa shape index (κ1) is 19.7. The maximum Gasteiger partial charge on any atom is 0.264 e. The molecule has 29 heavy (non-hydrogen) atoms. The Bertz CT molecular complexity index is 850. The van der Waals surface area contributed by atoms with Crippen LogP contribution >= 0.6 is 0 Å². The van der Waals surface area contributed by atoms with E-state index in [1.54, 1.807) is 30.5 Å². The number of alkyl halides is 2. The number of nitrogens with one attached hydrogen (secondary N) is 1. The van der Waals surface area contributed by atoms with Crippen molar-refractivity contribution in [2.75, 3.05) is 24.6 Å². The minimum absolute atomic E-state index is 0.0196. The number of hydrogen-bond donors (Lipinski definition) is 1. The van der Waals surface area contributed by atoms with Crippen LogP contribution in [0.15, 0.2) is 36.5 Å². The van der Waals surface area contributed by atoms with Crippen molar-refractivity contribution in [1.29, 1.82) is 0 Å². The Labute approximate surface area is 168 Å². The average molecular weight is 402 g/mol. The van der Waals surface area contributed by atoms with Gasteiger partial charge >= 0.3 is 0 Å². The van der Waals surface area contributed by atoms with Crippen molar-refractivity contribution >= 4 is 11.7 Å². The first-order valence-corrected chi connectivity index (χ1v) is 9.99. The van der Waals surface area contributed by atoms with Gasteiger partial charge in [0.25, 0.3) is 6.43 Å². The van der Waals surface area contributed by atoms with Gasteiger partial charge in [0, 0.05) is 43.1 Å². The van der Waals surface area contributed by atoms with Gasteiger partial charge in [-0.3, -0.25) is 4.79 Å². The number of rotatable bonds is 5. The second kappa shape index (κ2) is 8.82. The van der Waals surface area contributed by atoms with Gasteiger partial charge in [-0.1, -0.05) is 24.3 Å². The van der Waals surface area contributed by atoms with Crippen LogP contribution in [0.1, 0.15) is 37.7 Å². The van der Waals surface area contributed by atoms with E-state index in [4.69, 9.17) is 4.74 Å². The molecule has 1 aromatic carbocycles. The predicted molar refractivity (Wildman–Crippen MR) is 105 cm³/mol. The Balaban J connectivity index is 1.41. The monoisotopic (exact) mass is 402 g/mol. The molecule has 6 nitrogen and oxygen atoms in total. The molecule has 4 rings (SSSR count). The van der Waals surface area contributed by atoms with Crippen molar-refractivity contribution in [3.63, 3.8) is 0 Å². The quantitative estimate of drug-likeness (QED) is 0.831. The van der Waals surface area contributed by atoms with Crippen molar-refractivity contribution in [1.82, 2.24) is 15.3 Å². The van der Waals surface area contributed by atoms with Gasteiger partial charge in [-0.25, -0.2) is 18.7 Å². The SMILES string of the molecule is O=C(NC1CCN(c2ccnc(-c3ccccc3C(F)F)n2)CC1)[C@H]1CCCO1. The van der Waals surface area contributed by atoms with Crippen molar-refractivity contribution in [3.05, 3.63) is 42.1 Å². The number of ether oxygens (including phenoxy) is 1. The molecular weight excluding hydrogens is 378 g/mol. The van der Waals surface area contributed by atoms with Crippen molar-refractivity contribution in [3.8, 4) is 11.4 Å². The molecule has 0 unspecified atom stereocenters. The number of nitrogens with zero attached hydrogens (tertiary/aromatic N) is 3. The number of carbonyl (C=O) groups is 1. The van der Waals surface area contributed by atoms with E-state index in [0.717, 1.165) is 38.8 Å². The molecule has 2 saturated heterocycles. The van der Waals surface area contributed by atoms with E-state index in [0.29, 0.717) is 23.8 Å². The molecule has 1 atom stereocenters. The molecule has 154 valence electrons. The highest BCUT2D eigenvalue weighted by molar-refractivity contribution is 5.81. The number of hydrogen-bond acceptors (Lipinski definition) is 5. The van der Waals surface area contributed by atoms with E-state index in [-0.39, 0.29) is 23.6 Å². The predicted octanol–water partition coefficient (Wildman–Crippen LogP) is 3.35. The average Bonchev–Trinajstić information content (AvgIpc) is 3.29. The van der Waals surface area contributed by atoms with Gasteiger partial charge in [0.05, 0.1) is 0 Å². The molecule has 2 aliphatic heterocycles. The molecule has 0 bridgehead atoms. The van der Waals surface area contributed by atoms with Crippen LogP contribution in [0.3, 0.4) is 0 Å². The molecule has 1 aromatic heterocycles. The molecule has 3 heterocycles. The van der Waals surface area contributed by atoms with E-state index in [9.17, 15) is 13.6 Å². The topological polar surface area (TPSA) is 67.4 Å². The highest BCUT2D eigenvalue weighted by Gasteiger charge is 2.28. The molecule has 2 aromatic rings. The first-order chi connectivity index (χ1) is 14.1.